The number of thioether (sulfide) groups is 1. The van der Waals surface area contributed by atoms with Gasteiger partial charge in [-0.3, -0.25) is 9.69 Å². The van der Waals surface area contributed by atoms with Crippen LogP contribution < -0.4 is 5.32 Å². The highest BCUT2D eigenvalue weighted by Crippen LogP contribution is 2.24. The van der Waals surface area contributed by atoms with Crippen molar-refractivity contribution >= 4 is 40.9 Å². The monoisotopic (exact) mass is 450 g/mol. The summed E-state index contributed by atoms with van der Waals surface area (Å²) in [7, 11) is 0. The van der Waals surface area contributed by atoms with Gasteiger partial charge in [-0.1, -0.05) is 59.1 Å². The molecule has 1 aliphatic rings. The first-order valence-electron chi connectivity index (χ1n) is 10.1. The van der Waals surface area contributed by atoms with Crippen LogP contribution in [-0.4, -0.2) is 36.2 Å². The second kappa shape index (κ2) is 11.3. The van der Waals surface area contributed by atoms with Gasteiger partial charge in [-0.15, -0.1) is 0 Å². The number of piperidine rings is 1. The average molecular weight is 451 g/mol. The number of benzene rings is 2. The van der Waals surface area contributed by atoms with E-state index < -0.39 is 0 Å². The fourth-order valence-electron chi connectivity index (χ4n) is 3.69. The SMILES string of the molecule is Cc1cccc(CN2CCCC(C(=O)NCCSCc3ccc(Cl)cc3Cl)C2)c1. The van der Waals surface area contributed by atoms with Crippen molar-refractivity contribution in [1.29, 1.82) is 0 Å². The Hall–Kier alpha value is -1.20. The predicted molar refractivity (Wildman–Crippen MR) is 125 cm³/mol. The summed E-state index contributed by atoms with van der Waals surface area (Å²) in [5.41, 5.74) is 3.68. The van der Waals surface area contributed by atoms with Crippen LogP contribution in [-0.2, 0) is 17.1 Å². The highest BCUT2D eigenvalue weighted by atomic mass is 35.5. The second-order valence-electron chi connectivity index (χ2n) is 7.64. The van der Waals surface area contributed by atoms with E-state index in [4.69, 9.17) is 23.2 Å². The zero-order valence-electron chi connectivity index (χ0n) is 16.8. The molecule has 156 valence electrons. The normalized spacial score (nSPS) is 17.3. The molecular formula is C23H28Cl2N2OS. The van der Waals surface area contributed by atoms with E-state index in [0.29, 0.717) is 16.6 Å². The Morgan fingerprint density at radius 2 is 2.10 bits per heavy atom. The van der Waals surface area contributed by atoms with Crippen LogP contribution in [0.5, 0.6) is 0 Å². The van der Waals surface area contributed by atoms with Crippen molar-refractivity contribution in [3.05, 3.63) is 69.2 Å². The van der Waals surface area contributed by atoms with Gasteiger partial charge in [0, 0.05) is 41.2 Å². The first-order chi connectivity index (χ1) is 14.0. The molecule has 0 bridgehead atoms. The highest BCUT2D eigenvalue weighted by Gasteiger charge is 2.25. The molecule has 1 amide bonds. The van der Waals surface area contributed by atoms with Crippen molar-refractivity contribution in [3.8, 4) is 0 Å². The minimum atomic E-state index is 0.0873. The molecule has 0 aromatic heterocycles. The molecule has 29 heavy (non-hydrogen) atoms. The maximum absolute atomic E-state index is 12.6. The minimum absolute atomic E-state index is 0.0873. The maximum Gasteiger partial charge on any atom is 0.224 e. The zero-order valence-corrected chi connectivity index (χ0v) is 19.1. The van der Waals surface area contributed by atoms with Gasteiger partial charge in [0.15, 0.2) is 0 Å². The summed E-state index contributed by atoms with van der Waals surface area (Å²) in [5, 5.41) is 4.47. The number of halogens is 2. The van der Waals surface area contributed by atoms with E-state index >= 15 is 0 Å². The molecule has 2 aromatic rings. The number of carbonyl (C=O) groups is 1. The van der Waals surface area contributed by atoms with Gasteiger partial charge in [-0.2, -0.15) is 11.8 Å². The molecule has 1 aliphatic heterocycles. The van der Waals surface area contributed by atoms with Gasteiger partial charge in [0.1, 0.15) is 0 Å². The van der Waals surface area contributed by atoms with E-state index in [-0.39, 0.29) is 11.8 Å². The average Bonchev–Trinajstić information content (AvgIpc) is 2.69. The summed E-state index contributed by atoms with van der Waals surface area (Å²) >= 11 is 13.9. The topological polar surface area (TPSA) is 32.3 Å². The molecule has 6 heteroatoms. The third-order valence-electron chi connectivity index (χ3n) is 5.18. The van der Waals surface area contributed by atoms with Crippen molar-refractivity contribution in [3.63, 3.8) is 0 Å². The summed E-state index contributed by atoms with van der Waals surface area (Å²) in [5.74, 6) is 1.96. The molecule has 0 spiro atoms. The number of carbonyl (C=O) groups excluding carboxylic acids is 1. The number of likely N-dealkylation sites (tertiary alicyclic amines) is 1. The van der Waals surface area contributed by atoms with Crippen LogP contribution in [0.3, 0.4) is 0 Å². The van der Waals surface area contributed by atoms with E-state index in [1.807, 2.05) is 12.1 Å². The first-order valence-corrected chi connectivity index (χ1v) is 12.0. The Labute approximate surface area is 188 Å². The number of hydrogen-bond donors (Lipinski definition) is 1. The van der Waals surface area contributed by atoms with Gasteiger partial charge in [0.25, 0.3) is 0 Å². The van der Waals surface area contributed by atoms with Crippen LogP contribution in [0.2, 0.25) is 10.0 Å². The summed E-state index contributed by atoms with van der Waals surface area (Å²) < 4.78 is 0. The van der Waals surface area contributed by atoms with Crippen LogP contribution in [0.4, 0.5) is 0 Å². The quantitative estimate of drug-likeness (QED) is 0.533. The Bertz CT molecular complexity index is 830. The number of nitrogens with one attached hydrogen (secondary N) is 1. The number of hydrogen-bond acceptors (Lipinski definition) is 3. The van der Waals surface area contributed by atoms with Gasteiger partial charge < -0.3 is 5.32 Å². The Morgan fingerprint density at radius 3 is 2.90 bits per heavy atom. The third kappa shape index (κ3) is 7.21. The van der Waals surface area contributed by atoms with E-state index in [1.165, 1.54) is 11.1 Å². The molecule has 3 nitrogen and oxygen atoms in total. The van der Waals surface area contributed by atoms with Crippen LogP contribution in [0, 0.1) is 12.8 Å². The van der Waals surface area contributed by atoms with Gasteiger partial charge in [-0.05, 0) is 49.6 Å². The second-order valence-corrected chi connectivity index (χ2v) is 9.59. The van der Waals surface area contributed by atoms with Crippen LogP contribution in [0.1, 0.15) is 29.5 Å². The first kappa shape index (κ1) is 22.5. The fraction of sp³-hybridized carbons (Fsp3) is 0.435. The lowest BCUT2D eigenvalue weighted by molar-refractivity contribution is -0.126. The van der Waals surface area contributed by atoms with E-state index in [0.717, 1.165) is 49.5 Å². The number of nitrogens with zero attached hydrogens (tertiary/aromatic N) is 1. The molecule has 1 atom stereocenters. The lowest BCUT2D eigenvalue weighted by Crippen LogP contribution is -2.43. The molecule has 0 saturated carbocycles. The Kier molecular flexibility index (Phi) is 8.73. The molecular weight excluding hydrogens is 423 g/mol. The molecule has 2 aromatic carbocycles. The van der Waals surface area contributed by atoms with Crippen molar-refractivity contribution in [2.24, 2.45) is 5.92 Å². The summed E-state index contributed by atoms with van der Waals surface area (Å²) in [6.07, 6.45) is 2.05. The van der Waals surface area contributed by atoms with Crippen LogP contribution in [0.25, 0.3) is 0 Å². The molecule has 1 heterocycles. The van der Waals surface area contributed by atoms with Gasteiger partial charge in [-0.25, -0.2) is 0 Å². The minimum Gasteiger partial charge on any atom is -0.355 e. The molecule has 3 rings (SSSR count). The zero-order chi connectivity index (χ0) is 20.6. The third-order valence-corrected chi connectivity index (χ3v) is 6.78. The van der Waals surface area contributed by atoms with E-state index in [2.05, 4.69) is 41.4 Å². The smallest absolute Gasteiger partial charge is 0.224 e. The molecule has 1 N–H and O–H groups in total. The Balaban J connectivity index is 1.37. The molecule has 1 fully saturated rings. The van der Waals surface area contributed by atoms with Gasteiger partial charge in [0.05, 0.1) is 5.92 Å². The summed E-state index contributed by atoms with van der Waals surface area (Å²) in [6, 6.07) is 14.2. The lowest BCUT2D eigenvalue weighted by Gasteiger charge is -2.32. The number of aryl methyl sites for hydroxylation is 1. The number of amides is 1. The molecule has 0 aliphatic carbocycles. The standard InChI is InChI=1S/C23H28Cl2N2OS/c1-17-4-2-5-18(12-17)14-27-10-3-6-19(15-27)23(28)26-9-11-29-16-20-7-8-21(24)13-22(20)25/h2,4-5,7-8,12-13,19H,3,6,9-11,14-16H2,1H3,(H,26,28). The lowest BCUT2D eigenvalue weighted by atomic mass is 9.96. The fourth-order valence-corrected chi connectivity index (χ4v) is 5.11. The van der Waals surface area contributed by atoms with Crippen molar-refractivity contribution in [1.82, 2.24) is 10.2 Å². The Morgan fingerprint density at radius 1 is 1.24 bits per heavy atom. The predicted octanol–water partition coefficient (Wildman–Crippen LogP) is 5.56. The molecule has 1 unspecified atom stereocenters. The summed E-state index contributed by atoms with van der Waals surface area (Å²) in [6.45, 7) is 5.63. The number of rotatable bonds is 8. The molecule has 1 saturated heterocycles. The highest BCUT2D eigenvalue weighted by molar-refractivity contribution is 7.98. The largest absolute Gasteiger partial charge is 0.355 e. The van der Waals surface area contributed by atoms with Crippen molar-refractivity contribution in [2.45, 2.75) is 32.1 Å². The van der Waals surface area contributed by atoms with E-state index in [9.17, 15) is 4.79 Å². The van der Waals surface area contributed by atoms with Crippen LogP contribution >= 0.6 is 35.0 Å². The van der Waals surface area contributed by atoms with Crippen molar-refractivity contribution < 1.29 is 4.79 Å². The van der Waals surface area contributed by atoms with Gasteiger partial charge in [0.2, 0.25) is 5.91 Å². The summed E-state index contributed by atoms with van der Waals surface area (Å²) in [4.78, 5) is 15.0. The van der Waals surface area contributed by atoms with Gasteiger partial charge >= 0.3 is 0 Å². The molecule has 0 radical (unpaired) electrons. The maximum atomic E-state index is 12.6. The van der Waals surface area contributed by atoms with Crippen LogP contribution in [0.15, 0.2) is 42.5 Å². The van der Waals surface area contributed by atoms with Crippen molar-refractivity contribution in [2.75, 3.05) is 25.4 Å². The van der Waals surface area contributed by atoms with E-state index in [1.54, 1.807) is 17.8 Å².